The Kier molecular flexibility index (Phi) is 4.37. The zero-order valence-electron chi connectivity index (χ0n) is 12.6. The van der Waals surface area contributed by atoms with Crippen molar-refractivity contribution in [2.24, 2.45) is 5.92 Å². The van der Waals surface area contributed by atoms with Gasteiger partial charge in [-0.2, -0.15) is 5.10 Å². The lowest BCUT2D eigenvalue weighted by molar-refractivity contribution is -0.122. The van der Waals surface area contributed by atoms with Crippen molar-refractivity contribution in [3.8, 4) is 5.75 Å². The van der Waals surface area contributed by atoms with E-state index in [9.17, 15) is 4.79 Å². The van der Waals surface area contributed by atoms with Gasteiger partial charge in [0, 0.05) is 6.42 Å². The number of aromatic nitrogens is 3. The van der Waals surface area contributed by atoms with E-state index in [1.54, 1.807) is 18.1 Å². The summed E-state index contributed by atoms with van der Waals surface area (Å²) in [5.74, 6) is 1.42. The van der Waals surface area contributed by atoms with E-state index in [0.717, 1.165) is 11.3 Å². The average molecular weight is 300 g/mol. The van der Waals surface area contributed by atoms with Crippen molar-refractivity contribution in [1.29, 1.82) is 0 Å². The second-order valence-electron chi connectivity index (χ2n) is 5.56. The van der Waals surface area contributed by atoms with Crippen LogP contribution in [0, 0.1) is 5.92 Å². The topological polar surface area (TPSA) is 69.0 Å². The van der Waals surface area contributed by atoms with Crippen LogP contribution < -0.4 is 10.1 Å². The van der Waals surface area contributed by atoms with Crippen LogP contribution in [0.15, 0.2) is 36.9 Å². The first-order chi connectivity index (χ1) is 10.8. The number of methoxy groups -OCH3 is 1. The van der Waals surface area contributed by atoms with Crippen molar-refractivity contribution in [3.63, 3.8) is 0 Å². The molecule has 6 heteroatoms. The van der Waals surface area contributed by atoms with Gasteiger partial charge in [0.1, 0.15) is 18.4 Å². The first-order valence-corrected chi connectivity index (χ1v) is 7.52. The molecule has 2 aromatic rings. The Bertz CT molecular complexity index is 606. The minimum atomic E-state index is 0.0446. The molecule has 1 unspecified atom stereocenters. The Balaban J connectivity index is 1.60. The van der Waals surface area contributed by atoms with E-state index in [0.29, 0.717) is 18.9 Å². The summed E-state index contributed by atoms with van der Waals surface area (Å²) in [6.45, 7) is 0.547. The fraction of sp³-hybridized carbons (Fsp3) is 0.438. The van der Waals surface area contributed by atoms with E-state index in [4.69, 9.17) is 4.74 Å². The van der Waals surface area contributed by atoms with Crippen LogP contribution in [0.1, 0.15) is 30.9 Å². The van der Waals surface area contributed by atoms with E-state index in [1.807, 2.05) is 24.3 Å². The van der Waals surface area contributed by atoms with Crippen molar-refractivity contribution in [1.82, 2.24) is 20.1 Å². The molecule has 0 spiro atoms. The summed E-state index contributed by atoms with van der Waals surface area (Å²) >= 11 is 0. The Morgan fingerprint density at radius 1 is 1.41 bits per heavy atom. The summed E-state index contributed by atoms with van der Waals surface area (Å²) in [6, 6.07) is 8.02. The van der Waals surface area contributed by atoms with Gasteiger partial charge in [-0.25, -0.2) is 4.98 Å². The maximum atomic E-state index is 12.2. The summed E-state index contributed by atoms with van der Waals surface area (Å²) in [6.07, 6.45) is 5.83. The summed E-state index contributed by atoms with van der Waals surface area (Å²) in [4.78, 5) is 16.1. The van der Waals surface area contributed by atoms with E-state index >= 15 is 0 Å². The monoisotopic (exact) mass is 300 g/mol. The fourth-order valence-electron chi connectivity index (χ4n) is 2.52. The molecule has 1 atom stereocenters. The van der Waals surface area contributed by atoms with Crippen molar-refractivity contribution < 1.29 is 9.53 Å². The maximum absolute atomic E-state index is 12.2. The first-order valence-electron chi connectivity index (χ1n) is 7.52. The molecule has 1 aliphatic carbocycles. The highest BCUT2D eigenvalue weighted by Gasteiger charge is 2.33. The number of amides is 1. The molecule has 1 heterocycles. The number of carbonyl (C=O) groups excluding carboxylic acids is 1. The SMILES string of the molecule is COc1ccc(C(NC(=O)CCn2cncn2)C2CC2)cc1. The van der Waals surface area contributed by atoms with Gasteiger partial charge in [0.25, 0.3) is 0 Å². The molecule has 1 aromatic heterocycles. The van der Waals surface area contributed by atoms with Gasteiger partial charge in [-0.1, -0.05) is 12.1 Å². The minimum Gasteiger partial charge on any atom is -0.497 e. The van der Waals surface area contributed by atoms with Crippen molar-refractivity contribution in [2.45, 2.75) is 31.8 Å². The molecular weight excluding hydrogens is 280 g/mol. The van der Waals surface area contributed by atoms with Crippen LogP contribution in [0.25, 0.3) is 0 Å². The number of carbonyl (C=O) groups is 1. The summed E-state index contributed by atoms with van der Waals surface area (Å²) < 4.78 is 6.85. The Morgan fingerprint density at radius 2 is 2.18 bits per heavy atom. The lowest BCUT2D eigenvalue weighted by Gasteiger charge is -2.19. The van der Waals surface area contributed by atoms with Gasteiger partial charge >= 0.3 is 0 Å². The number of nitrogens with zero attached hydrogens (tertiary/aromatic N) is 3. The molecule has 22 heavy (non-hydrogen) atoms. The largest absolute Gasteiger partial charge is 0.497 e. The zero-order valence-corrected chi connectivity index (χ0v) is 12.6. The van der Waals surface area contributed by atoms with E-state index in [2.05, 4.69) is 15.4 Å². The summed E-state index contributed by atoms with van der Waals surface area (Å²) in [5.41, 5.74) is 1.14. The van der Waals surface area contributed by atoms with Crippen LogP contribution in [0.2, 0.25) is 0 Å². The molecule has 1 amide bonds. The highest BCUT2D eigenvalue weighted by molar-refractivity contribution is 5.76. The first kappa shape index (κ1) is 14.6. The molecule has 3 rings (SSSR count). The quantitative estimate of drug-likeness (QED) is 0.848. The molecule has 116 valence electrons. The van der Waals surface area contributed by atoms with E-state index < -0.39 is 0 Å². The molecule has 0 saturated heterocycles. The highest BCUT2D eigenvalue weighted by atomic mass is 16.5. The molecule has 1 fully saturated rings. The maximum Gasteiger partial charge on any atom is 0.222 e. The number of benzene rings is 1. The highest BCUT2D eigenvalue weighted by Crippen LogP contribution is 2.41. The van der Waals surface area contributed by atoms with Crippen molar-refractivity contribution in [3.05, 3.63) is 42.5 Å². The smallest absolute Gasteiger partial charge is 0.222 e. The molecule has 0 bridgehead atoms. The van der Waals surface area contributed by atoms with Gasteiger partial charge in [-0.3, -0.25) is 9.48 Å². The second-order valence-corrected chi connectivity index (χ2v) is 5.56. The molecule has 0 radical (unpaired) electrons. The van der Waals surface area contributed by atoms with Crippen LogP contribution >= 0.6 is 0 Å². The van der Waals surface area contributed by atoms with E-state index in [1.165, 1.54) is 19.2 Å². The van der Waals surface area contributed by atoms with Crippen LogP contribution in [-0.4, -0.2) is 27.8 Å². The third-order valence-electron chi connectivity index (χ3n) is 3.92. The summed E-state index contributed by atoms with van der Waals surface area (Å²) in [7, 11) is 1.65. The fourth-order valence-corrected chi connectivity index (χ4v) is 2.52. The normalized spacial score (nSPS) is 15.3. The van der Waals surface area contributed by atoms with Gasteiger partial charge in [-0.15, -0.1) is 0 Å². The van der Waals surface area contributed by atoms with Gasteiger partial charge < -0.3 is 10.1 Å². The molecule has 1 aromatic carbocycles. The number of hydrogen-bond donors (Lipinski definition) is 1. The predicted molar refractivity (Wildman–Crippen MR) is 81.2 cm³/mol. The predicted octanol–water partition coefficient (Wildman–Crippen LogP) is 1.94. The van der Waals surface area contributed by atoms with Gasteiger partial charge in [0.2, 0.25) is 5.91 Å². The Hall–Kier alpha value is -2.37. The van der Waals surface area contributed by atoms with Crippen LogP contribution in [0.3, 0.4) is 0 Å². The number of rotatable bonds is 7. The Labute approximate surface area is 129 Å². The zero-order chi connectivity index (χ0) is 15.4. The third-order valence-corrected chi connectivity index (χ3v) is 3.92. The lowest BCUT2D eigenvalue weighted by Crippen LogP contribution is -2.30. The van der Waals surface area contributed by atoms with Gasteiger partial charge in [0.15, 0.2) is 0 Å². The Morgan fingerprint density at radius 3 is 2.77 bits per heavy atom. The number of hydrogen-bond acceptors (Lipinski definition) is 4. The van der Waals surface area contributed by atoms with Gasteiger partial charge in [0.05, 0.1) is 19.7 Å². The number of nitrogens with one attached hydrogen (secondary N) is 1. The molecule has 1 N–H and O–H groups in total. The molecule has 1 aliphatic rings. The third kappa shape index (κ3) is 3.63. The molecular formula is C16H20N4O2. The van der Waals surface area contributed by atoms with Crippen LogP contribution in [0.4, 0.5) is 0 Å². The lowest BCUT2D eigenvalue weighted by atomic mass is 10.0. The molecule has 1 saturated carbocycles. The van der Waals surface area contributed by atoms with Crippen molar-refractivity contribution >= 4 is 5.91 Å². The number of ether oxygens (including phenoxy) is 1. The summed E-state index contributed by atoms with van der Waals surface area (Å²) in [5, 5.41) is 7.16. The molecule has 0 aliphatic heterocycles. The van der Waals surface area contributed by atoms with E-state index in [-0.39, 0.29) is 11.9 Å². The van der Waals surface area contributed by atoms with Gasteiger partial charge in [-0.05, 0) is 36.5 Å². The number of aryl methyl sites for hydroxylation is 1. The van der Waals surface area contributed by atoms with Crippen LogP contribution in [0.5, 0.6) is 5.75 Å². The standard InChI is InChI=1S/C16H20N4O2/c1-22-14-6-4-13(5-7-14)16(12-2-3-12)19-15(21)8-9-20-11-17-10-18-20/h4-7,10-12,16H,2-3,8-9H2,1H3,(H,19,21). The van der Waals surface area contributed by atoms with Crippen LogP contribution in [-0.2, 0) is 11.3 Å². The second kappa shape index (κ2) is 6.60. The minimum absolute atomic E-state index is 0.0446. The van der Waals surface area contributed by atoms with Crippen molar-refractivity contribution in [2.75, 3.05) is 7.11 Å². The molecule has 6 nitrogen and oxygen atoms in total. The average Bonchev–Trinajstić information content (AvgIpc) is 3.26.